The van der Waals surface area contributed by atoms with E-state index >= 15 is 0 Å². The van der Waals surface area contributed by atoms with Gasteiger partial charge in [0.25, 0.3) is 0 Å². The highest BCUT2D eigenvalue weighted by atomic mass is 32.1. The molecule has 2 N–H and O–H groups in total. The number of aryl methyl sites for hydroxylation is 2. The number of hydrogen-bond acceptors (Lipinski definition) is 3. The molecule has 1 aliphatic carbocycles. The number of amides is 2. The maximum atomic E-state index is 12.0. The van der Waals surface area contributed by atoms with Crippen molar-refractivity contribution in [2.24, 2.45) is 0 Å². The molecule has 0 aliphatic heterocycles. The van der Waals surface area contributed by atoms with Gasteiger partial charge in [0.1, 0.15) is 0 Å². The van der Waals surface area contributed by atoms with Crippen LogP contribution in [-0.4, -0.2) is 17.6 Å². The molecule has 1 aromatic heterocycles. The highest BCUT2D eigenvalue weighted by Gasteiger charge is 2.15. The monoisotopic (exact) mass is 315 g/mol. The average molecular weight is 315 g/mol. The van der Waals surface area contributed by atoms with E-state index < -0.39 is 0 Å². The van der Waals surface area contributed by atoms with Gasteiger partial charge in [0.15, 0.2) is 0 Å². The Morgan fingerprint density at radius 3 is 3.09 bits per heavy atom. The van der Waals surface area contributed by atoms with Crippen molar-refractivity contribution in [2.75, 3.05) is 11.9 Å². The lowest BCUT2D eigenvalue weighted by Gasteiger charge is -2.11. The number of rotatable bonds is 5. The number of benzene rings is 1. The molecule has 0 saturated heterocycles. The van der Waals surface area contributed by atoms with Gasteiger partial charge in [0.2, 0.25) is 0 Å². The van der Waals surface area contributed by atoms with Crippen LogP contribution in [0.1, 0.15) is 35.2 Å². The Morgan fingerprint density at radius 2 is 2.27 bits per heavy atom. The lowest BCUT2D eigenvalue weighted by Crippen LogP contribution is -2.30. The quantitative estimate of drug-likeness (QED) is 0.886. The molecule has 0 saturated carbocycles. The lowest BCUT2D eigenvalue weighted by molar-refractivity contribution is 0.252. The molecule has 2 aromatic rings. The minimum Gasteiger partial charge on any atom is -0.337 e. The van der Waals surface area contributed by atoms with Crippen LogP contribution >= 0.6 is 11.3 Å². The molecule has 4 nitrogen and oxygen atoms in total. The Labute approximate surface area is 135 Å². The number of carbonyl (C=O) groups is 1. The predicted octanol–water partition coefficient (Wildman–Crippen LogP) is 3.56. The molecule has 116 valence electrons. The molecule has 1 aliphatic rings. The van der Waals surface area contributed by atoms with Gasteiger partial charge in [-0.15, -0.1) is 11.3 Å². The van der Waals surface area contributed by atoms with Crippen LogP contribution in [0.5, 0.6) is 0 Å². The van der Waals surface area contributed by atoms with E-state index in [0.717, 1.165) is 42.1 Å². The molecule has 0 atom stereocenters. The fourth-order valence-electron chi connectivity index (χ4n) is 2.83. The summed E-state index contributed by atoms with van der Waals surface area (Å²) in [5.41, 5.74) is 4.68. The Kier molecular flexibility index (Phi) is 4.73. The number of fused-ring (bicyclic) bond motifs is 1. The summed E-state index contributed by atoms with van der Waals surface area (Å²) in [6.07, 6.45) is 5.11. The van der Waals surface area contributed by atoms with Crippen LogP contribution in [0.25, 0.3) is 0 Å². The zero-order chi connectivity index (χ0) is 15.4. The molecule has 2 amide bonds. The third kappa shape index (κ3) is 3.47. The first-order valence-electron chi connectivity index (χ1n) is 7.85. The van der Waals surface area contributed by atoms with Crippen LogP contribution in [0.3, 0.4) is 0 Å². The molecule has 0 bridgehead atoms. The zero-order valence-corrected chi connectivity index (χ0v) is 13.6. The molecule has 22 heavy (non-hydrogen) atoms. The van der Waals surface area contributed by atoms with Crippen molar-refractivity contribution in [2.45, 2.75) is 39.0 Å². The number of nitrogens with zero attached hydrogens (tertiary/aromatic N) is 1. The average Bonchev–Trinajstić information content (AvgIpc) is 3.16. The summed E-state index contributed by atoms with van der Waals surface area (Å²) in [5.74, 6) is 0. The highest BCUT2D eigenvalue weighted by Crippen LogP contribution is 2.28. The van der Waals surface area contributed by atoms with E-state index in [2.05, 4.69) is 34.0 Å². The molecule has 1 heterocycles. The van der Waals surface area contributed by atoms with Gasteiger partial charge in [0.05, 0.1) is 10.7 Å². The first-order valence-corrected chi connectivity index (χ1v) is 8.73. The molecule has 3 rings (SSSR count). The molecule has 1 aromatic carbocycles. The Morgan fingerprint density at radius 1 is 1.36 bits per heavy atom. The second-order valence-corrected chi connectivity index (χ2v) is 6.46. The Hall–Kier alpha value is -1.88. The maximum absolute atomic E-state index is 12.0. The second-order valence-electron chi connectivity index (χ2n) is 5.51. The lowest BCUT2D eigenvalue weighted by atomic mass is 10.1. The van der Waals surface area contributed by atoms with E-state index in [4.69, 9.17) is 0 Å². The number of urea groups is 1. The third-order valence-corrected chi connectivity index (χ3v) is 5.00. The normalized spacial score (nSPS) is 13.0. The summed E-state index contributed by atoms with van der Waals surface area (Å²) in [6.45, 7) is 2.71. The number of aromatic nitrogens is 1. The fourth-order valence-corrected chi connectivity index (χ4v) is 3.61. The van der Waals surface area contributed by atoms with Gasteiger partial charge < -0.3 is 10.6 Å². The van der Waals surface area contributed by atoms with Crippen LogP contribution in [0.15, 0.2) is 23.6 Å². The van der Waals surface area contributed by atoms with Crippen LogP contribution in [0.2, 0.25) is 0 Å². The zero-order valence-electron chi connectivity index (χ0n) is 12.8. The van der Waals surface area contributed by atoms with Crippen LogP contribution in [0, 0.1) is 0 Å². The molecular formula is C17H21N3OS. The fraction of sp³-hybridized carbons (Fsp3) is 0.412. The van der Waals surface area contributed by atoms with Crippen LogP contribution in [-0.2, 0) is 25.7 Å². The van der Waals surface area contributed by atoms with Gasteiger partial charge in [-0.2, -0.15) is 0 Å². The van der Waals surface area contributed by atoms with Crippen molar-refractivity contribution in [3.05, 3.63) is 45.4 Å². The third-order valence-electron chi connectivity index (χ3n) is 3.96. The van der Waals surface area contributed by atoms with Crippen molar-refractivity contribution in [3.8, 4) is 0 Å². The van der Waals surface area contributed by atoms with Gasteiger partial charge in [0, 0.05) is 24.0 Å². The van der Waals surface area contributed by atoms with Crippen molar-refractivity contribution in [1.29, 1.82) is 0 Å². The number of carbonyl (C=O) groups excluding carboxylic acids is 1. The smallest absolute Gasteiger partial charge is 0.319 e. The molecule has 5 heteroatoms. The minimum atomic E-state index is -0.133. The molecule has 0 fully saturated rings. The Balaban J connectivity index is 1.50. The summed E-state index contributed by atoms with van der Waals surface area (Å²) >= 11 is 1.69. The first kappa shape index (κ1) is 15.0. The summed E-state index contributed by atoms with van der Waals surface area (Å²) in [7, 11) is 0. The predicted molar refractivity (Wildman–Crippen MR) is 90.7 cm³/mol. The van der Waals surface area contributed by atoms with Gasteiger partial charge in [-0.05, 0) is 42.9 Å². The minimum absolute atomic E-state index is 0.133. The van der Waals surface area contributed by atoms with Crippen LogP contribution in [0.4, 0.5) is 10.5 Å². The van der Waals surface area contributed by atoms with Crippen molar-refractivity contribution in [3.63, 3.8) is 0 Å². The highest BCUT2D eigenvalue weighted by molar-refractivity contribution is 7.09. The summed E-state index contributed by atoms with van der Waals surface area (Å²) < 4.78 is 0. The van der Waals surface area contributed by atoms with Crippen molar-refractivity contribution >= 4 is 23.1 Å². The Bertz CT molecular complexity index is 666. The van der Waals surface area contributed by atoms with E-state index in [1.807, 2.05) is 12.1 Å². The number of anilines is 1. The van der Waals surface area contributed by atoms with E-state index in [-0.39, 0.29) is 6.03 Å². The maximum Gasteiger partial charge on any atom is 0.319 e. The van der Waals surface area contributed by atoms with Gasteiger partial charge in [-0.1, -0.05) is 19.1 Å². The summed E-state index contributed by atoms with van der Waals surface area (Å²) in [6, 6.07) is 6.02. The van der Waals surface area contributed by atoms with E-state index in [1.54, 1.807) is 11.3 Å². The van der Waals surface area contributed by atoms with E-state index in [1.165, 1.54) is 17.5 Å². The van der Waals surface area contributed by atoms with E-state index in [9.17, 15) is 4.79 Å². The van der Waals surface area contributed by atoms with Crippen LogP contribution < -0.4 is 10.6 Å². The van der Waals surface area contributed by atoms with E-state index in [0.29, 0.717) is 6.54 Å². The van der Waals surface area contributed by atoms with Gasteiger partial charge >= 0.3 is 6.03 Å². The number of nitrogens with one attached hydrogen (secondary N) is 2. The van der Waals surface area contributed by atoms with Gasteiger partial charge in [-0.3, -0.25) is 0 Å². The van der Waals surface area contributed by atoms with Gasteiger partial charge in [-0.25, -0.2) is 9.78 Å². The molecule has 0 radical (unpaired) electrons. The largest absolute Gasteiger partial charge is 0.337 e. The molecular weight excluding hydrogens is 294 g/mol. The van der Waals surface area contributed by atoms with Crippen molar-refractivity contribution < 1.29 is 4.79 Å². The standard InChI is InChI=1S/C17H21N3OS/c1-2-16-19-13(11-22-16)9-10-18-17(21)20-15-8-4-6-12-5-3-7-14(12)15/h4,6,8,11H,2-3,5,7,9-10H2,1H3,(H2,18,20,21). The topological polar surface area (TPSA) is 54.0 Å². The molecule has 0 unspecified atom stereocenters. The first-order chi connectivity index (χ1) is 10.8. The SMILES string of the molecule is CCc1nc(CCNC(=O)Nc2cccc3c2CCC3)cs1. The number of hydrogen-bond donors (Lipinski definition) is 2. The number of thiazole rings is 1. The second kappa shape index (κ2) is 6.92. The van der Waals surface area contributed by atoms with Crippen molar-refractivity contribution in [1.82, 2.24) is 10.3 Å². The molecule has 0 spiro atoms. The summed E-state index contributed by atoms with van der Waals surface area (Å²) in [4.78, 5) is 16.5. The summed E-state index contributed by atoms with van der Waals surface area (Å²) in [5, 5.41) is 9.11.